The lowest BCUT2D eigenvalue weighted by molar-refractivity contribution is 0.142. The summed E-state index contributed by atoms with van der Waals surface area (Å²) in [5, 5.41) is 18.5. The van der Waals surface area contributed by atoms with Crippen LogP contribution in [0.3, 0.4) is 0 Å². The lowest BCUT2D eigenvalue weighted by Gasteiger charge is -2.35. The minimum atomic E-state index is -0.897. The average Bonchev–Trinajstić information content (AvgIpc) is 2.38. The number of benzene rings is 1. The summed E-state index contributed by atoms with van der Waals surface area (Å²) in [6.07, 6.45) is -0.897. The summed E-state index contributed by atoms with van der Waals surface area (Å²) in [6.45, 7) is 2.07. The van der Waals surface area contributed by atoms with Gasteiger partial charge in [-0.15, -0.1) is 0 Å². The number of nitrogens with zero attached hydrogens (tertiary/aromatic N) is 3. The molecule has 18 heavy (non-hydrogen) atoms. The Hall–Kier alpha value is -1.93. The predicted octanol–water partition coefficient (Wildman–Crippen LogP) is 2.01. The van der Waals surface area contributed by atoms with Gasteiger partial charge in [-0.3, -0.25) is 0 Å². The number of hydrogen-bond donors (Lipinski definition) is 1. The molecule has 1 N–H and O–H groups in total. The molecule has 1 fully saturated rings. The fraction of sp³-hybridized carbons (Fsp3) is 0.333. The lowest BCUT2D eigenvalue weighted by Crippen LogP contribution is -2.48. The van der Waals surface area contributed by atoms with Gasteiger partial charge in [0.25, 0.3) is 0 Å². The molecule has 1 saturated heterocycles. The molecule has 0 spiro atoms. The molecule has 1 aromatic carbocycles. The molecule has 0 unspecified atom stereocenters. The molecule has 0 aliphatic carbocycles. The molecule has 0 saturated carbocycles. The van der Waals surface area contributed by atoms with Gasteiger partial charge in [0.15, 0.2) is 0 Å². The number of piperazine rings is 1. The van der Waals surface area contributed by atoms with E-state index in [9.17, 15) is 4.79 Å². The number of anilines is 1. The van der Waals surface area contributed by atoms with Crippen molar-refractivity contribution in [3.63, 3.8) is 0 Å². The van der Waals surface area contributed by atoms with Crippen molar-refractivity contribution >= 4 is 23.4 Å². The summed E-state index contributed by atoms with van der Waals surface area (Å²) in [4.78, 5) is 14.2. The maximum atomic E-state index is 10.8. The van der Waals surface area contributed by atoms with Crippen molar-refractivity contribution in [2.24, 2.45) is 0 Å². The third-order valence-electron chi connectivity index (χ3n) is 2.97. The summed E-state index contributed by atoms with van der Waals surface area (Å²) in [7, 11) is 0. The Kier molecular flexibility index (Phi) is 3.58. The molecular formula is C12H12ClN3O2. The normalized spacial score (nSPS) is 15.3. The Bertz CT molecular complexity index is 505. The zero-order chi connectivity index (χ0) is 13.1. The number of rotatable bonds is 1. The summed E-state index contributed by atoms with van der Waals surface area (Å²) in [6, 6.07) is 7.28. The smallest absolute Gasteiger partial charge is 0.407 e. The molecule has 94 valence electrons. The molecule has 1 aliphatic heterocycles. The summed E-state index contributed by atoms with van der Waals surface area (Å²) >= 11 is 5.84. The van der Waals surface area contributed by atoms with E-state index >= 15 is 0 Å². The third kappa shape index (κ3) is 2.49. The van der Waals surface area contributed by atoms with Gasteiger partial charge in [-0.25, -0.2) is 4.79 Å². The van der Waals surface area contributed by atoms with Crippen molar-refractivity contribution in [2.45, 2.75) is 0 Å². The molecule has 0 aromatic heterocycles. The van der Waals surface area contributed by atoms with Gasteiger partial charge in [-0.05, 0) is 18.2 Å². The minimum Gasteiger partial charge on any atom is -0.465 e. The van der Waals surface area contributed by atoms with Gasteiger partial charge in [0.2, 0.25) is 0 Å². The van der Waals surface area contributed by atoms with Crippen molar-refractivity contribution in [2.75, 3.05) is 31.1 Å². The Balaban J connectivity index is 2.15. The first-order valence-corrected chi connectivity index (χ1v) is 5.92. The monoisotopic (exact) mass is 265 g/mol. The van der Waals surface area contributed by atoms with Crippen molar-refractivity contribution < 1.29 is 9.90 Å². The van der Waals surface area contributed by atoms with Crippen molar-refractivity contribution in [3.05, 3.63) is 28.8 Å². The molecule has 0 radical (unpaired) electrons. The van der Waals surface area contributed by atoms with Crippen molar-refractivity contribution in [1.82, 2.24) is 4.90 Å². The van der Waals surface area contributed by atoms with Gasteiger partial charge < -0.3 is 14.9 Å². The first-order valence-electron chi connectivity index (χ1n) is 5.54. The van der Waals surface area contributed by atoms with Gasteiger partial charge in [0.05, 0.1) is 11.3 Å². The zero-order valence-corrected chi connectivity index (χ0v) is 10.4. The van der Waals surface area contributed by atoms with Gasteiger partial charge in [-0.1, -0.05) is 11.6 Å². The van der Waals surface area contributed by atoms with Crippen molar-refractivity contribution in [3.8, 4) is 6.07 Å². The van der Waals surface area contributed by atoms with E-state index in [1.165, 1.54) is 4.90 Å². The molecule has 1 aliphatic rings. The second-order valence-corrected chi connectivity index (χ2v) is 4.47. The van der Waals surface area contributed by atoms with E-state index in [-0.39, 0.29) is 0 Å². The average molecular weight is 266 g/mol. The molecule has 1 amide bonds. The molecule has 1 heterocycles. The molecule has 1 aromatic rings. The lowest BCUT2D eigenvalue weighted by atomic mass is 10.1. The highest BCUT2D eigenvalue weighted by atomic mass is 35.5. The Labute approximate surface area is 110 Å². The van der Waals surface area contributed by atoms with Gasteiger partial charge in [0.1, 0.15) is 6.07 Å². The van der Waals surface area contributed by atoms with E-state index in [0.29, 0.717) is 36.8 Å². The highest BCUT2D eigenvalue weighted by Gasteiger charge is 2.21. The molecule has 0 bridgehead atoms. The molecule has 6 heteroatoms. The predicted molar refractivity (Wildman–Crippen MR) is 68.0 cm³/mol. The summed E-state index contributed by atoms with van der Waals surface area (Å²) in [5.41, 5.74) is 1.33. The maximum Gasteiger partial charge on any atom is 0.407 e. The number of amides is 1. The highest BCUT2D eigenvalue weighted by molar-refractivity contribution is 6.30. The number of carboxylic acid groups (broad SMARTS) is 1. The van der Waals surface area contributed by atoms with E-state index in [2.05, 4.69) is 6.07 Å². The molecule has 0 atom stereocenters. The van der Waals surface area contributed by atoms with E-state index in [4.69, 9.17) is 22.0 Å². The maximum absolute atomic E-state index is 10.8. The van der Waals surface area contributed by atoms with Gasteiger partial charge in [-0.2, -0.15) is 5.26 Å². The Morgan fingerprint density at radius 1 is 1.33 bits per heavy atom. The topological polar surface area (TPSA) is 67.6 Å². The van der Waals surface area contributed by atoms with Crippen LogP contribution in [0.5, 0.6) is 0 Å². The largest absolute Gasteiger partial charge is 0.465 e. The standard InChI is InChI=1S/C12H12ClN3O2/c13-10-1-2-11(9(7-10)8-14)15-3-5-16(6-4-15)12(17)18/h1-2,7H,3-6H2,(H,17,18). The second kappa shape index (κ2) is 5.15. The van der Waals surface area contributed by atoms with Crippen LogP contribution in [0, 0.1) is 11.3 Å². The van der Waals surface area contributed by atoms with Crippen LogP contribution in [0.2, 0.25) is 5.02 Å². The first kappa shape index (κ1) is 12.5. The molecule has 2 rings (SSSR count). The summed E-state index contributed by atoms with van der Waals surface area (Å²) < 4.78 is 0. The van der Waals surface area contributed by atoms with Crippen LogP contribution in [0.4, 0.5) is 10.5 Å². The van der Waals surface area contributed by atoms with Crippen LogP contribution in [-0.4, -0.2) is 42.3 Å². The van der Waals surface area contributed by atoms with Crippen LogP contribution < -0.4 is 4.90 Å². The second-order valence-electron chi connectivity index (χ2n) is 4.03. The zero-order valence-electron chi connectivity index (χ0n) is 9.64. The highest BCUT2D eigenvalue weighted by Crippen LogP contribution is 2.24. The van der Waals surface area contributed by atoms with Crippen LogP contribution in [0.25, 0.3) is 0 Å². The van der Waals surface area contributed by atoms with Crippen LogP contribution in [0.1, 0.15) is 5.56 Å². The van der Waals surface area contributed by atoms with Crippen LogP contribution >= 0.6 is 11.6 Å². The van der Waals surface area contributed by atoms with E-state index < -0.39 is 6.09 Å². The Morgan fingerprint density at radius 3 is 2.56 bits per heavy atom. The van der Waals surface area contributed by atoms with E-state index in [1.807, 2.05) is 4.90 Å². The molecular weight excluding hydrogens is 254 g/mol. The minimum absolute atomic E-state index is 0.447. The Morgan fingerprint density at radius 2 is 2.00 bits per heavy atom. The van der Waals surface area contributed by atoms with Crippen LogP contribution in [-0.2, 0) is 0 Å². The molecule has 5 nitrogen and oxygen atoms in total. The van der Waals surface area contributed by atoms with Gasteiger partial charge >= 0.3 is 6.09 Å². The van der Waals surface area contributed by atoms with Crippen LogP contribution in [0.15, 0.2) is 18.2 Å². The van der Waals surface area contributed by atoms with Gasteiger partial charge in [0, 0.05) is 31.2 Å². The fourth-order valence-electron chi connectivity index (χ4n) is 2.01. The quantitative estimate of drug-likeness (QED) is 0.843. The van der Waals surface area contributed by atoms with E-state index in [1.54, 1.807) is 18.2 Å². The summed E-state index contributed by atoms with van der Waals surface area (Å²) in [5.74, 6) is 0. The van der Waals surface area contributed by atoms with E-state index in [0.717, 1.165) is 5.69 Å². The first-order chi connectivity index (χ1) is 8.61. The third-order valence-corrected chi connectivity index (χ3v) is 3.21. The number of carbonyl (C=O) groups is 1. The fourth-order valence-corrected chi connectivity index (χ4v) is 2.18. The number of halogens is 1. The number of hydrogen-bond acceptors (Lipinski definition) is 3. The SMILES string of the molecule is N#Cc1cc(Cl)ccc1N1CCN(C(=O)O)CC1. The number of nitriles is 1. The van der Waals surface area contributed by atoms with Crippen molar-refractivity contribution in [1.29, 1.82) is 5.26 Å².